The van der Waals surface area contributed by atoms with Crippen LogP contribution in [-0.4, -0.2) is 45.9 Å². The summed E-state index contributed by atoms with van der Waals surface area (Å²) in [4.78, 5) is 42.0. The van der Waals surface area contributed by atoms with E-state index in [0.717, 1.165) is 0 Å². The van der Waals surface area contributed by atoms with Crippen LogP contribution in [-0.2, 0) is 16.1 Å². The fourth-order valence-electron chi connectivity index (χ4n) is 2.29. The third-order valence-electron chi connectivity index (χ3n) is 3.53. The second-order valence-electron chi connectivity index (χ2n) is 5.20. The first-order valence-corrected chi connectivity index (χ1v) is 8.03. The van der Waals surface area contributed by atoms with Crippen molar-refractivity contribution in [3.8, 4) is 0 Å². The Bertz CT molecular complexity index is 819. The molecule has 0 radical (unpaired) electrons. The first-order chi connectivity index (χ1) is 11.5. The topological polar surface area (TPSA) is 84.3 Å². The molecule has 7 nitrogen and oxygen atoms in total. The van der Waals surface area contributed by atoms with Gasteiger partial charge in [-0.05, 0) is 32.0 Å². The first-order valence-electron chi connectivity index (χ1n) is 7.65. The summed E-state index contributed by atoms with van der Waals surface area (Å²) in [5, 5.41) is 3.42. The van der Waals surface area contributed by atoms with Crippen molar-refractivity contribution in [2.45, 2.75) is 20.4 Å². The Morgan fingerprint density at radius 1 is 1.33 bits per heavy atom. The average Bonchev–Trinajstić information content (AvgIpc) is 2.55. The lowest BCUT2D eigenvalue weighted by Crippen LogP contribution is -2.42. The fourth-order valence-corrected chi connectivity index (χ4v) is 2.46. The van der Waals surface area contributed by atoms with Gasteiger partial charge in [0.2, 0.25) is 11.8 Å². The third-order valence-corrected chi connectivity index (χ3v) is 3.77. The molecule has 0 spiro atoms. The highest BCUT2D eigenvalue weighted by molar-refractivity contribution is 6.31. The number of carbonyl (C=O) groups excluding carboxylic acids is 2. The maximum absolute atomic E-state index is 12.5. The van der Waals surface area contributed by atoms with Gasteiger partial charge in [-0.1, -0.05) is 11.6 Å². The number of benzene rings is 1. The SMILES string of the molecule is CCNC(=O)CN(CC)C(=O)Cn1cnc2ccc(Cl)cc2c1=O. The average molecular weight is 351 g/mol. The van der Waals surface area contributed by atoms with E-state index in [-0.39, 0.29) is 30.5 Å². The maximum Gasteiger partial charge on any atom is 0.261 e. The predicted molar refractivity (Wildman–Crippen MR) is 92.0 cm³/mol. The zero-order valence-corrected chi connectivity index (χ0v) is 14.3. The van der Waals surface area contributed by atoms with Gasteiger partial charge in [0.25, 0.3) is 5.56 Å². The molecule has 0 aliphatic heterocycles. The lowest BCUT2D eigenvalue weighted by molar-refractivity contribution is -0.136. The van der Waals surface area contributed by atoms with E-state index in [1.807, 2.05) is 0 Å². The van der Waals surface area contributed by atoms with Crippen LogP contribution in [0.2, 0.25) is 5.02 Å². The van der Waals surface area contributed by atoms with Gasteiger partial charge in [-0.15, -0.1) is 0 Å². The number of fused-ring (bicyclic) bond motifs is 1. The summed E-state index contributed by atoms with van der Waals surface area (Å²) < 4.78 is 1.22. The summed E-state index contributed by atoms with van der Waals surface area (Å²) in [6.07, 6.45) is 1.33. The summed E-state index contributed by atoms with van der Waals surface area (Å²) in [6, 6.07) is 4.83. The zero-order valence-electron chi connectivity index (χ0n) is 13.6. The van der Waals surface area contributed by atoms with Gasteiger partial charge in [0.15, 0.2) is 0 Å². The molecule has 128 valence electrons. The quantitative estimate of drug-likeness (QED) is 0.843. The van der Waals surface area contributed by atoms with E-state index in [2.05, 4.69) is 10.3 Å². The predicted octanol–water partition coefficient (Wildman–Crippen LogP) is 1.03. The second-order valence-corrected chi connectivity index (χ2v) is 5.64. The number of amides is 2. The van der Waals surface area contributed by atoms with Crippen LogP contribution in [0, 0.1) is 0 Å². The summed E-state index contributed by atoms with van der Waals surface area (Å²) >= 11 is 5.91. The molecular formula is C16H19ClN4O3. The van der Waals surface area contributed by atoms with E-state index in [9.17, 15) is 14.4 Å². The van der Waals surface area contributed by atoms with E-state index in [0.29, 0.717) is 29.0 Å². The Morgan fingerprint density at radius 3 is 2.75 bits per heavy atom. The van der Waals surface area contributed by atoms with Gasteiger partial charge in [0.1, 0.15) is 6.54 Å². The highest BCUT2D eigenvalue weighted by Gasteiger charge is 2.17. The molecule has 0 saturated heterocycles. The molecule has 0 aliphatic rings. The molecular weight excluding hydrogens is 332 g/mol. The molecule has 2 rings (SSSR count). The van der Waals surface area contributed by atoms with Crippen molar-refractivity contribution in [3.63, 3.8) is 0 Å². The number of nitrogens with zero attached hydrogens (tertiary/aromatic N) is 3. The van der Waals surface area contributed by atoms with Gasteiger partial charge in [0, 0.05) is 18.1 Å². The highest BCUT2D eigenvalue weighted by atomic mass is 35.5. The number of rotatable bonds is 6. The molecule has 0 unspecified atom stereocenters. The summed E-state index contributed by atoms with van der Waals surface area (Å²) in [5.41, 5.74) is 0.174. The van der Waals surface area contributed by atoms with Crippen molar-refractivity contribution in [2.24, 2.45) is 0 Å². The first kappa shape index (κ1) is 17.9. The molecule has 1 aromatic carbocycles. The van der Waals surface area contributed by atoms with Crippen LogP contribution in [0.3, 0.4) is 0 Å². The van der Waals surface area contributed by atoms with Crippen molar-refractivity contribution >= 4 is 34.3 Å². The lowest BCUT2D eigenvalue weighted by atomic mass is 10.2. The molecule has 24 heavy (non-hydrogen) atoms. The summed E-state index contributed by atoms with van der Waals surface area (Å²) in [6.45, 7) is 4.24. The largest absolute Gasteiger partial charge is 0.355 e. The Balaban J connectivity index is 2.21. The molecule has 0 aliphatic carbocycles. The minimum atomic E-state index is -0.343. The van der Waals surface area contributed by atoms with E-state index in [4.69, 9.17) is 11.6 Å². The molecule has 0 bridgehead atoms. The maximum atomic E-state index is 12.5. The van der Waals surface area contributed by atoms with E-state index >= 15 is 0 Å². The van der Waals surface area contributed by atoms with Gasteiger partial charge in [-0.2, -0.15) is 0 Å². The van der Waals surface area contributed by atoms with Gasteiger partial charge in [0.05, 0.1) is 23.8 Å². The molecule has 2 aromatic rings. The van der Waals surface area contributed by atoms with Crippen molar-refractivity contribution in [2.75, 3.05) is 19.6 Å². The Hall–Kier alpha value is -2.41. The number of halogens is 1. The summed E-state index contributed by atoms with van der Waals surface area (Å²) in [7, 11) is 0. The van der Waals surface area contributed by atoms with E-state index in [1.165, 1.54) is 21.9 Å². The highest BCUT2D eigenvalue weighted by Crippen LogP contribution is 2.14. The Labute approximate surface area is 144 Å². The van der Waals surface area contributed by atoms with Crippen molar-refractivity contribution in [1.29, 1.82) is 0 Å². The summed E-state index contributed by atoms with van der Waals surface area (Å²) in [5.74, 6) is -0.558. The number of carbonyl (C=O) groups is 2. The molecule has 0 fully saturated rings. The van der Waals surface area contributed by atoms with Crippen molar-refractivity contribution < 1.29 is 9.59 Å². The number of aromatic nitrogens is 2. The van der Waals surface area contributed by atoms with Crippen LogP contribution in [0.4, 0.5) is 0 Å². The van der Waals surface area contributed by atoms with Crippen LogP contribution in [0.25, 0.3) is 10.9 Å². The van der Waals surface area contributed by atoms with Crippen molar-refractivity contribution in [1.82, 2.24) is 19.8 Å². The lowest BCUT2D eigenvalue weighted by Gasteiger charge is -2.20. The standard InChI is InChI=1S/C16H19ClN4O3/c1-3-18-14(22)8-20(4-2)15(23)9-21-10-19-13-6-5-11(17)7-12(13)16(21)24/h5-7,10H,3-4,8-9H2,1-2H3,(H,18,22). The minimum Gasteiger partial charge on any atom is -0.355 e. The van der Waals surface area contributed by atoms with Gasteiger partial charge >= 0.3 is 0 Å². The Morgan fingerprint density at radius 2 is 2.08 bits per heavy atom. The third kappa shape index (κ3) is 4.11. The van der Waals surface area contributed by atoms with Crippen LogP contribution in [0.1, 0.15) is 13.8 Å². The normalized spacial score (nSPS) is 10.6. The molecule has 1 N–H and O–H groups in total. The molecule has 2 amide bonds. The number of hydrogen-bond donors (Lipinski definition) is 1. The minimum absolute atomic E-state index is 0.0369. The number of likely N-dealkylation sites (N-methyl/N-ethyl adjacent to an activating group) is 2. The fraction of sp³-hybridized carbons (Fsp3) is 0.375. The van der Waals surface area contributed by atoms with Crippen LogP contribution < -0.4 is 10.9 Å². The van der Waals surface area contributed by atoms with Crippen LogP contribution >= 0.6 is 11.6 Å². The van der Waals surface area contributed by atoms with Crippen LogP contribution in [0.15, 0.2) is 29.3 Å². The molecule has 8 heteroatoms. The van der Waals surface area contributed by atoms with Gasteiger partial charge < -0.3 is 10.2 Å². The molecule has 0 saturated carbocycles. The van der Waals surface area contributed by atoms with E-state index < -0.39 is 0 Å². The zero-order chi connectivity index (χ0) is 17.7. The molecule has 1 aromatic heterocycles. The van der Waals surface area contributed by atoms with Crippen molar-refractivity contribution in [3.05, 3.63) is 39.9 Å². The second kappa shape index (κ2) is 7.92. The van der Waals surface area contributed by atoms with Gasteiger partial charge in [-0.3, -0.25) is 19.0 Å². The van der Waals surface area contributed by atoms with Crippen LogP contribution in [0.5, 0.6) is 0 Å². The molecule has 0 atom stereocenters. The Kier molecular flexibility index (Phi) is 5.92. The monoisotopic (exact) mass is 350 g/mol. The van der Waals surface area contributed by atoms with Gasteiger partial charge in [-0.25, -0.2) is 4.98 Å². The number of hydrogen-bond acceptors (Lipinski definition) is 4. The smallest absolute Gasteiger partial charge is 0.261 e. The number of nitrogens with one attached hydrogen (secondary N) is 1. The molecule has 1 heterocycles. The van der Waals surface area contributed by atoms with E-state index in [1.54, 1.807) is 26.0 Å².